The van der Waals surface area contributed by atoms with Crippen molar-refractivity contribution in [1.82, 2.24) is 14.9 Å². The smallest absolute Gasteiger partial charge is 0.0948 e. The van der Waals surface area contributed by atoms with Gasteiger partial charge in [-0.2, -0.15) is 0 Å². The molecule has 0 saturated carbocycles. The molecular weight excluding hydrogens is 222 g/mol. The largest absolute Gasteiger partial charge is 0.334 e. The zero-order valence-corrected chi connectivity index (χ0v) is 10.5. The summed E-state index contributed by atoms with van der Waals surface area (Å²) in [6.07, 6.45) is 5.85. The van der Waals surface area contributed by atoms with Crippen molar-refractivity contribution < 1.29 is 4.21 Å². The van der Waals surface area contributed by atoms with Crippen LogP contribution in [0, 0.1) is 0 Å². The zero-order valence-electron chi connectivity index (χ0n) is 9.69. The molecule has 90 valence electrons. The Balaban J connectivity index is 1.81. The van der Waals surface area contributed by atoms with E-state index in [0.29, 0.717) is 6.04 Å². The fraction of sp³-hybridized carbons (Fsp3) is 0.727. The molecule has 1 aromatic rings. The van der Waals surface area contributed by atoms with Crippen molar-refractivity contribution in [3.05, 3.63) is 18.2 Å². The maximum atomic E-state index is 11.2. The molecular formula is C11H19N3OS. The maximum absolute atomic E-state index is 11.2. The average molecular weight is 241 g/mol. The highest BCUT2D eigenvalue weighted by Gasteiger charge is 2.17. The Labute approximate surface area is 98.9 Å². The molecule has 5 heteroatoms. The summed E-state index contributed by atoms with van der Waals surface area (Å²) >= 11 is 0. The summed E-state index contributed by atoms with van der Waals surface area (Å²) in [5, 5.41) is 3.52. The van der Waals surface area contributed by atoms with Crippen molar-refractivity contribution in [2.24, 2.45) is 0 Å². The SMILES string of the molecule is CCn1cncc1CNC1CCS(=O)CC1. The van der Waals surface area contributed by atoms with Crippen LogP contribution in [0.2, 0.25) is 0 Å². The molecule has 0 amide bonds. The molecule has 0 bridgehead atoms. The molecule has 16 heavy (non-hydrogen) atoms. The van der Waals surface area contributed by atoms with Crippen LogP contribution in [0.15, 0.2) is 12.5 Å². The Morgan fingerprint density at radius 1 is 1.56 bits per heavy atom. The lowest BCUT2D eigenvalue weighted by molar-refractivity contribution is 0.465. The van der Waals surface area contributed by atoms with Crippen LogP contribution < -0.4 is 5.32 Å². The van der Waals surface area contributed by atoms with E-state index in [2.05, 4.69) is 21.8 Å². The van der Waals surface area contributed by atoms with Crippen LogP contribution in [-0.4, -0.2) is 31.3 Å². The van der Waals surface area contributed by atoms with Gasteiger partial charge in [-0.15, -0.1) is 0 Å². The van der Waals surface area contributed by atoms with E-state index in [1.807, 2.05) is 12.5 Å². The summed E-state index contributed by atoms with van der Waals surface area (Å²) < 4.78 is 13.4. The van der Waals surface area contributed by atoms with Crippen molar-refractivity contribution in [2.45, 2.75) is 38.9 Å². The van der Waals surface area contributed by atoms with Crippen molar-refractivity contribution in [1.29, 1.82) is 0 Å². The molecule has 4 nitrogen and oxygen atoms in total. The Hall–Kier alpha value is -0.680. The second kappa shape index (κ2) is 5.59. The van der Waals surface area contributed by atoms with Gasteiger partial charge < -0.3 is 9.88 Å². The fourth-order valence-electron chi connectivity index (χ4n) is 2.03. The highest BCUT2D eigenvalue weighted by molar-refractivity contribution is 7.85. The molecule has 1 aliphatic rings. The van der Waals surface area contributed by atoms with E-state index in [0.717, 1.165) is 37.4 Å². The predicted molar refractivity (Wildman–Crippen MR) is 65.6 cm³/mol. The lowest BCUT2D eigenvalue weighted by atomic mass is 10.1. The van der Waals surface area contributed by atoms with Crippen molar-refractivity contribution in [2.75, 3.05) is 11.5 Å². The first-order valence-corrected chi connectivity index (χ1v) is 7.35. The maximum Gasteiger partial charge on any atom is 0.0948 e. The van der Waals surface area contributed by atoms with Gasteiger partial charge in [0.25, 0.3) is 0 Å². The summed E-state index contributed by atoms with van der Waals surface area (Å²) in [6.45, 7) is 3.95. The first-order chi connectivity index (χ1) is 7.79. The number of aryl methyl sites for hydroxylation is 1. The van der Waals surface area contributed by atoms with E-state index in [-0.39, 0.29) is 0 Å². The molecule has 2 rings (SSSR count). The molecule has 1 aliphatic heterocycles. The quantitative estimate of drug-likeness (QED) is 0.852. The van der Waals surface area contributed by atoms with Crippen molar-refractivity contribution in [3.8, 4) is 0 Å². The highest BCUT2D eigenvalue weighted by Crippen LogP contribution is 2.10. The molecule has 0 atom stereocenters. The minimum Gasteiger partial charge on any atom is -0.334 e. The van der Waals surface area contributed by atoms with Crippen molar-refractivity contribution in [3.63, 3.8) is 0 Å². The van der Waals surface area contributed by atoms with Crippen LogP contribution in [0.1, 0.15) is 25.5 Å². The van der Waals surface area contributed by atoms with Crippen LogP contribution in [0.3, 0.4) is 0 Å². The highest BCUT2D eigenvalue weighted by atomic mass is 32.2. The molecule has 1 fully saturated rings. The van der Waals surface area contributed by atoms with Crippen molar-refractivity contribution >= 4 is 10.8 Å². The number of hydrogen-bond donors (Lipinski definition) is 1. The monoisotopic (exact) mass is 241 g/mol. The van der Waals surface area contributed by atoms with Gasteiger partial charge in [-0.3, -0.25) is 4.21 Å². The van der Waals surface area contributed by atoms with Crippen LogP contribution in [0.25, 0.3) is 0 Å². The summed E-state index contributed by atoms with van der Waals surface area (Å²) in [5.74, 6) is 1.70. The van der Waals surface area contributed by atoms with Gasteiger partial charge in [0, 0.05) is 47.6 Å². The number of imidazole rings is 1. The number of hydrogen-bond acceptors (Lipinski definition) is 3. The molecule has 0 spiro atoms. The summed E-state index contributed by atoms with van der Waals surface area (Å²) in [6, 6.07) is 0.526. The van der Waals surface area contributed by atoms with E-state index >= 15 is 0 Å². The Bertz CT molecular complexity index is 354. The number of rotatable bonds is 4. The van der Waals surface area contributed by atoms with Gasteiger partial charge in [0.2, 0.25) is 0 Å². The fourth-order valence-corrected chi connectivity index (χ4v) is 3.33. The topological polar surface area (TPSA) is 46.9 Å². The second-order valence-corrected chi connectivity index (χ2v) is 5.87. The first-order valence-electron chi connectivity index (χ1n) is 5.87. The van der Waals surface area contributed by atoms with Gasteiger partial charge in [-0.05, 0) is 19.8 Å². The standard InChI is InChI=1S/C11H19N3OS/c1-2-14-9-12-7-11(14)8-13-10-3-5-16(15)6-4-10/h7,9-10,13H,2-6,8H2,1H3. The lowest BCUT2D eigenvalue weighted by Crippen LogP contribution is -2.35. The van der Waals surface area contributed by atoms with Crippen LogP contribution in [0.4, 0.5) is 0 Å². The normalized spacial score (nSPS) is 25.8. The molecule has 0 unspecified atom stereocenters. The summed E-state index contributed by atoms with van der Waals surface area (Å²) in [5.41, 5.74) is 1.23. The van der Waals surface area contributed by atoms with E-state index in [4.69, 9.17) is 0 Å². The van der Waals surface area contributed by atoms with E-state index in [1.54, 1.807) is 0 Å². The summed E-state index contributed by atoms with van der Waals surface area (Å²) in [7, 11) is -0.565. The van der Waals surface area contributed by atoms with Crippen LogP contribution in [-0.2, 0) is 23.9 Å². The molecule has 1 N–H and O–H groups in total. The lowest BCUT2D eigenvalue weighted by Gasteiger charge is -2.22. The summed E-state index contributed by atoms with van der Waals surface area (Å²) in [4.78, 5) is 4.14. The number of nitrogens with zero attached hydrogens (tertiary/aromatic N) is 2. The second-order valence-electron chi connectivity index (χ2n) is 4.17. The molecule has 0 aliphatic carbocycles. The molecule has 2 heterocycles. The van der Waals surface area contributed by atoms with E-state index in [1.165, 1.54) is 5.69 Å². The van der Waals surface area contributed by atoms with E-state index < -0.39 is 10.8 Å². The Morgan fingerprint density at radius 3 is 3.00 bits per heavy atom. The van der Waals surface area contributed by atoms with Gasteiger partial charge in [-0.25, -0.2) is 4.98 Å². The van der Waals surface area contributed by atoms with Gasteiger partial charge in [-0.1, -0.05) is 0 Å². The minimum atomic E-state index is -0.565. The average Bonchev–Trinajstić information content (AvgIpc) is 2.76. The Kier molecular flexibility index (Phi) is 4.12. The van der Waals surface area contributed by atoms with Gasteiger partial charge in [0.15, 0.2) is 0 Å². The van der Waals surface area contributed by atoms with E-state index in [9.17, 15) is 4.21 Å². The van der Waals surface area contributed by atoms with Crippen LogP contribution >= 0.6 is 0 Å². The predicted octanol–water partition coefficient (Wildman–Crippen LogP) is 0.904. The number of aromatic nitrogens is 2. The molecule has 1 saturated heterocycles. The molecule has 1 aromatic heterocycles. The van der Waals surface area contributed by atoms with Gasteiger partial charge in [0.1, 0.15) is 0 Å². The molecule has 0 aromatic carbocycles. The van der Waals surface area contributed by atoms with Crippen LogP contribution in [0.5, 0.6) is 0 Å². The van der Waals surface area contributed by atoms with Gasteiger partial charge >= 0.3 is 0 Å². The zero-order chi connectivity index (χ0) is 11.4. The minimum absolute atomic E-state index is 0.526. The third-order valence-corrected chi connectivity index (χ3v) is 4.48. The third-order valence-electron chi connectivity index (χ3n) is 3.10. The number of nitrogens with one attached hydrogen (secondary N) is 1. The third kappa shape index (κ3) is 2.92. The first kappa shape index (κ1) is 11.8. The van der Waals surface area contributed by atoms with Gasteiger partial charge in [0.05, 0.1) is 12.0 Å². The molecule has 0 radical (unpaired) electrons. The Morgan fingerprint density at radius 2 is 2.31 bits per heavy atom.